The molecule has 1 aromatic heterocycles. The van der Waals surface area contributed by atoms with Crippen LogP contribution in [-0.4, -0.2) is 35.5 Å². The molecule has 2 aromatic carbocycles. The van der Waals surface area contributed by atoms with Gasteiger partial charge < -0.3 is 19.2 Å². The molecule has 0 aliphatic rings. The molecule has 144 valence electrons. The number of carbonyl (C=O) groups excluding carboxylic acids is 2. The van der Waals surface area contributed by atoms with Gasteiger partial charge in [0.1, 0.15) is 17.3 Å². The Kier molecular flexibility index (Phi) is 6.01. The van der Waals surface area contributed by atoms with Crippen molar-refractivity contribution in [3.05, 3.63) is 77.0 Å². The fraction of sp³-hybridized carbons (Fsp3) is 0.143. The van der Waals surface area contributed by atoms with Gasteiger partial charge in [-0.05, 0) is 54.6 Å². The lowest BCUT2D eigenvalue weighted by Crippen LogP contribution is -2.30. The number of amides is 1. The molecule has 0 aliphatic carbocycles. The highest BCUT2D eigenvalue weighted by Gasteiger charge is 2.16. The van der Waals surface area contributed by atoms with Crippen molar-refractivity contribution in [3.8, 4) is 17.1 Å². The zero-order valence-electron chi connectivity index (χ0n) is 15.1. The van der Waals surface area contributed by atoms with Crippen molar-refractivity contribution in [2.45, 2.75) is 6.54 Å². The van der Waals surface area contributed by atoms with Gasteiger partial charge in [0.25, 0.3) is 5.91 Å². The van der Waals surface area contributed by atoms with Crippen molar-refractivity contribution in [2.75, 3.05) is 13.7 Å². The minimum absolute atomic E-state index is 0.0489. The molecule has 28 heavy (non-hydrogen) atoms. The van der Waals surface area contributed by atoms with Crippen molar-refractivity contribution < 1.29 is 23.8 Å². The molecule has 1 heterocycles. The van der Waals surface area contributed by atoms with E-state index in [0.717, 1.165) is 5.56 Å². The van der Waals surface area contributed by atoms with Gasteiger partial charge >= 0.3 is 5.97 Å². The number of phenols is 1. The Labute approximate surface area is 166 Å². The molecule has 0 bridgehead atoms. The van der Waals surface area contributed by atoms with Gasteiger partial charge in [-0.2, -0.15) is 0 Å². The zero-order valence-corrected chi connectivity index (χ0v) is 15.8. The summed E-state index contributed by atoms with van der Waals surface area (Å²) >= 11 is 5.88. The Morgan fingerprint density at radius 3 is 2.57 bits per heavy atom. The van der Waals surface area contributed by atoms with E-state index in [1.807, 2.05) is 18.2 Å². The Morgan fingerprint density at radius 1 is 1.11 bits per heavy atom. The quantitative estimate of drug-likeness (QED) is 0.630. The van der Waals surface area contributed by atoms with Gasteiger partial charge in [-0.25, -0.2) is 4.79 Å². The van der Waals surface area contributed by atoms with E-state index in [1.54, 1.807) is 25.2 Å². The summed E-state index contributed by atoms with van der Waals surface area (Å²) in [5.41, 5.74) is 1.05. The lowest BCUT2D eigenvalue weighted by molar-refractivity contribution is -0.133. The first-order valence-corrected chi connectivity index (χ1v) is 8.85. The number of ether oxygens (including phenoxy) is 1. The number of aromatic hydroxyl groups is 1. The number of nitrogens with zero attached hydrogens (tertiary/aromatic N) is 1. The minimum Gasteiger partial charge on any atom is -0.508 e. The SMILES string of the molecule is CN(Cc1ccc(-c2ccc(Cl)cc2)o1)C(=O)COC(=O)c1cccc(O)c1. The number of hydrogen-bond donors (Lipinski definition) is 1. The summed E-state index contributed by atoms with van der Waals surface area (Å²) in [7, 11) is 1.59. The maximum absolute atomic E-state index is 12.2. The van der Waals surface area contributed by atoms with Gasteiger partial charge in [0, 0.05) is 17.6 Å². The number of likely N-dealkylation sites (N-methyl/N-ethyl adjacent to an activating group) is 1. The van der Waals surface area contributed by atoms with Crippen molar-refractivity contribution in [1.29, 1.82) is 0 Å². The van der Waals surface area contributed by atoms with Gasteiger partial charge in [0.15, 0.2) is 6.61 Å². The second-order valence-corrected chi connectivity index (χ2v) is 6.59. The predicted octanol–water partition coefficient (Wildman–Crippen LogP) is 4.12. The molecule has 7 heteroatoms. The fourth-order valence-corrected chi connectivity index (χ4v) is 2.63. The van der Waals surface area contributed by atoms with E-state index in [1.165, 1.54) is 29.2 Å². The second-order valence-electron chi connectivity index (χ2n) is 6.15. The van der Waals surface area contributed by atoms with Crippen molar-refractivity contribution in [2.24, 2.45) is 0 Å². The summed E-state index contributed by atoms with van der Waals surface area (Å²) in [5, 5.41) is 10.0. The first-order chi connectivity index (χ1) is 13.4. The number of rotatable bonds is 6. The van der Waals surface area contributed by atoms with Crippen molar-refractivity contribution in [1.82, 2.24) is 4.90 Å². The first kappa shape index (κ1) is 19.5. The molecule has 0 atom stereocenters. The number of benzene rings is 2. The number of halogens is 1. The molecule has 1 amide bonds. The van der Waals surface area contributed by atoms with Gasteiger partial charge in [-0.1, -0.05) is 17.7 Å². The molecule has 6 nitrogen and oxygen atoms in total. The summed E-state index contributed by atoms with van der Waals surface area (Å²) in [6.45, 7) is -0.175. The Morgan fingerprint density at radius 2 is 1.86 bits per heavy atom. The van der Waals surface area contributed by atoms with Crippen LogP contribution in [0.25, 0.3) is 11.3 Å². The molecule has 0 fully saturated rings. The summed E-state index contributed by atoms with van der Waals surface area (Å²) in [4.78, 5) is 25.5. The number of hydrogen-bond acceptors (Lipinski definition) is 5. The number of carbonyl (C=O) groups is 2. The molecular weight excluding hydrogens is 382 g/mol. The largest absolute Gasteiger partial charge is 0.508 e. The van der Waals surface area contributed by atoms with Crippen molar-refractivity contribution >= 4 is 23.5 Å². The molecular formula is C21H18ClNO5. The lowest BCUT2D eigenvalue weighted by Gasteiger charge is -2.15. The zero-order chi connectivity index (χ0) is 20.1. The molecule has 1 N–H and O–H groups in total. The number of furan rings is 1. The number of esters is 1. The third-order valence-corrected chi connectivity index (χ3v) is 4.27. The molecule has 0 unspecified atom stereocenters. The molecule has 0 radical (unpaired) electrons. The van der Waals surface area contributed by atoms with E-state index < -0.39 is 12.6 Å². The smallest absolute Gasteiger partial charge is 0.338 e. The molecule has 0 aliphatic heterocycles. The third kappa shape index (κ3) is 4.92. The first-order valence-electron chi connectivity index (χ1n) is 8.47. The number of phenolic OH excluding ortho intramolecular Hbond substituents is 1. The monoisotopic (exact) mass is 399 g/mol. The van der Waals surface area contributed by atoms with E-state index in [9.17, 15) is 14.7 Å². The summed E-state index contributed by atoms with van der Waals surface area (Å²) in [6, 6.07) is 16.6. The summed E-state index contributed by atoms with van der Waals surface area (Å²) < 4.78 is 10.8. The topological polar surface area (TPSA) is 80.0 Å². The van der Waals surface area contributed by atoms with Crippen LogP contribution in [0.4, 0.5) is 0 Å². The van der Waals surface area contributed by atoms with Gasteiger partial charge in [0.2, 0.25) is 0 Å². The predicted molar refractivity (Wildman–Crippen MR) is 104 cm³/mol. The molecule has 0 spiro atoms. The van der Waals surface area contributed by atoms with Gasteiger partial charge in [0.05, 0.1) is 12.1 Å². The summed E-state index contributed by atoms with van der Waals surface area (Å²) in [5.74, 6) is 0.161. The Balaban J connectivity index is 1.54. The molecule has 3 aromatic rings. The normalized spacial score (nSPS) is 10.5. The fourth-order valence-electron chi connectivity index (χ4n) is 2.51. The average molecular weight is 400 g/mol. The minimum atomic E-state index is -0.680. The van der Waals surface area contributed by atoms with E-state index in [2.05, 4.69) is 0 Å². The molecule has 0 saturated heterocycles. The van der Waals surface area contributed by atoms with Crippen LogP contribution < -0.4 is 0 Å². The van der Waals surface area contributed by atoms with Gasteiger partial charge in [-0.3, -0.25) is 4.79 Å². The summed E-state index contributed by atoms with van der Waals surface area (Å²) in [6.07, 6.45) is 0. The second kappa shape index (κ2) is 8.63. The van der Waals surface area contributed by atoms with Crippen LogP contribution in [0.15, 0.2) is 65.1 Å². The highest BCUT2D eigenvalue weighted by atomic mass is 35.5. The maximum atomic E-state index is 12.2. The van der Waals surface area contributed by atoms with Crippen LogP contribution in [0.5, 0.6) is 5.75 Å². The molecule has 3 rings (SSSR count). The van der Waals surface area contributed by atoms with Crippen LogP contribution in [0.2, 0.25) is 5.02 Å². The van der Waals surface area contributed by atoms with Crippen LogP contribution in [0, 0.1) is 0 Å². The van der Waals surface area contributed by atoms with Crippen LogP contribution in [-0.2, 0) is 16.1 Å². The van der Waals surface area contributed by atoms with Crippen LogP contribution in [0.1, 0.15) is 16.1 Å². The van der Waals surface area contributed by atoms with E-state index in [0.29, 0.717) is 16.5 Å². The Bertz CT molecular complexity index is 980. The van der Waals surface area contributed by atoms with Gasteiger partial charge in [-0.15, -0.1) is 0 Å². The van der Waals surface area contributed by atoms with Crippen LogP contribution in [0.3, 0.4) is 0 Å². The average Bonchev–Trinajstić information content (AvgIpc) is 3.14. The highest BCUT2D eigenvalue weighted by Crippen LogP contribution is 2.24. The van der Waals surface area contributed by atoms with Crippen LogP contribution >= 0.6 is 11.6 Å². The van der Waals surface area contributed by atoms with E-state index >= 15 is 0 Å². The maximum Gasteiger partial charge on any atom is 0.338 e. The standard InChI is InChI=1S/C21H18ClNO5/c1-23(20(25)13-27-21(26)15-3-2-4-17(24)11-15)12-18-9-10-19(28-18)14-5-7-16(22)8-6-14/h2-11,24H,12-13H2,1H3. The van der Waals surface area contributed by atoms with E-state index in [4.69, 9.17) is 20.8 Å². The Hall–Kier alpha value is -3.25. The van der Waals surface area contributed by atoms with E-state index in [-0.39, 0.29) is 23.8 Å². The third-order valence-electron chi connectivity index (χ3n) is 4.02. The lowest BCUT2D eigenvalue weighted by atomic mass is 10.2. The molecule has 0 saturated carbocycles. The highest BCUT2D eigenvalue weighted by molar-refractivity contribution is 6.30. The van der Waals surface area contributed by atoms with Crippen molar-refractivity contribution in [3.63, 3.8) is 0 Å².